The fraction of sp³-hybridized carbons (Fsp3) is 0.400. The van der Waals surface area contributed by atoms with Gasteiger partial charge >= 0.3 is 0 Å². The first kappa shape index (κ1) is 6.25. The van der Waals surface area contributed by atoms with Gasteiger partial charge in [-0.25, -0.2) is 5.90 Å². The minimum atomic E-state index is 0.279. The molecule has 0 bridgehead atoms. The van der Waals surface area contributed by atoms with E-state index in [-0.39, 0.29) is 6.61 Å². The predicted molar refractivity (Wildman–Crippen MR) is 30.2 cm³/mol. The van der Waals surface area contributed by atoms with E-state index in [9.17, 15) is 0 Å². The SMILES string of the molecule is Cc1cc(CON)on1. The molecule has 0 fully saturated rings. The van der Waals surface area contributed by atoms with Gasteiger partial charge in [-0.05, 0) is 6.92 Å². The Balaban J connectivity index is 2.61. The maximum absolute atomic E-state index is 4.78. The molecule has 1 aromatic rings. The fourth-order valence-electron chi connectivity index (χ4n) is 0.566. The zero-order valence-electron chi connectivity index (χ0n) is 5.13. The van der Waals surface area contributed by atoms with Gasteiger partial charge in [0.1, 0.15) is 6.61 Å². The van der Waals surface area contributed by atoms with Crippen molar-refractivity contribution in [3.63, 3.8) is 0 Å². The number of nitrogens with two attached hydrogens (primary N) is 1. The summed E-state index contributed by atoms with van der Waals surface area (Å²) in [7, 11) is 0. The van der Waals surface area contributed by atoms with E-state index in [2.05, 4.69) is 9.99 Å². The van der Waals surface area contributed by atoms with Gasteiger partial charge in [-0.1, -0.05) is 5.16 Å². The Kier molecular flexibility index (Phi) is 1.81. The first-order valence-corrected chi connectivity index (χ1v) is 2.57. The number of aryl methyl sites for hydroxylation is 1. The second-order valence-corrected chi connectivity index (χ2v) is 1.75. The molecule has 1 rings (SSSR count). The number of hydrogen-bond donors (Lipinski definition) is 1. The van der Waals surface area contributed by atoms with Gasteiger partial charge in [-0.3, -0.25) is 4.84 Å². The van der Waals surface area contributed by atoms with Crippen molar-refractivity contribution in [2.24, 2.45) is 5.90 Å². The highest BCUT2D eigenvalue weighted by Gasteiger charge is 1.97. The highest BCUT2D eigenvalue weighted by Crippen LogP contribution is 2.01. The van der Waals surface area contributed by atoms with Crippen LogP contribution < -0.4 is 5.90 Å². The molecular weight excluding hydrogens is 120 g/mol. The van der Waals surface area contributed by atoms with Crippen molar-refractivity contribution in [3.8, 4) is 0 Å². The number of hydrogen-bond acceptors (Lipinski definition) is 4. The summed E-state index contributed by atoms with van der Waals surface area (Å²) in [5.41, 5.74) is 0.835. The second-order valence-electron chi connectivity index (χ2n) is 1.75. The Hall–Kier alpha value is -0.870. The van der Waals surface area contributed by atoms with E-state index in [1.165, 1.54) is 0 Å². The summed E-state index contributed by atoms with van der Waals surface area (Å²) < 4.78 is 4.75. The molecule has 1 aromatic heterocycles. The van der Waals surface area contributed by atoms with Crippen LogP contribution in [0, 0.1) is 6.92 Å². The summed E-state index contributed by atoms with van der Waals surface area (Å²) in [5, 5.41) is 3.62. The maximum Gasteiger partial charge on any atom is 0.164 e. The Bertz CT molecular complexity index is 185. The van der Waals surface area contributed by atoms with Crippen LogP contribution in [0.25, 0.3) is 0 Å². The smallest absolute Gasteiger partial charge is 0.164 e. The van der Waals surface area contributed by atoms with Crippen molar-refractivity contribution in [1.29, 1.82) is 0 Å². The summed E-state index contributed by atoms with van der Waals surface area (Å²) in [6, 6.07) is 1.77. The fourth-order valence-corrected chi connectivity index (χ4v) is 0.566. The van der Waals surface area contributed by atoms with E-state index in [0.717, 1.165) is 5.69 Å². The third kappa shape index (κ3) is 1.51. The molecule has 0 atom stereocenters. The summed E-state index contributed by atoms with van der Waals surface area (Å²) >= 11 is 0. The molecule has 0 aliphatic carbocycles. The lowest BCUT2D eigenvalue weighted by atomic mass is 10.4. The Morgan fingerprint density at radius 2 is 2.67 bits per heavy atom. The molecule has 0 unspecified atom stereocenters. The molecule has 4 heteroatoms. The maximum atomic E-state index is 4.78. The van der Waals surface area contributed by atoms with Crippen molar-refractivity contribution in [3.05, 3.63) is 17.5 Å². The van der Waals surface area contributed by atoms with E-state index in [4.69, 9.17) is 10.4 Å². The van der Waals surface area contributed by atoms with Crippen LogP contribution in [0.1, 0.15) is 11.5 Å². The van der Waals surface area contributed by atoms with Gasteiger partial charge in [0.05, 0.1) is 5.69 Å². The quantitative estimate of drug-likeness (QED) is 0.584. The molecule has 0 aromatic carbocycles. The van der Waals surface area contributed by atoms with Gasteiger partial charge in [0.25, 0.3) is 0 Å². The van der Waals surface area contributed by atoms with Crippen molar-refractivity contribution >= 4 is 0 Å². The van der Waals surface area contributed by atoms with E-state index in [1.807, 2.05) is 6.92 Å². The van der Waals surface area contributed by atoms with Crippen molar-refractivity contribution < 1.29 is 9.36 Å². The van der Waals surface area contributed by atoms with Crippen LogP contribution in [0.2, 0.25) is 0 Å². The van der Waals surface area contributed by atoms with Gasteiger partial charge in [0.2, 0.25) is 0 Å². The predicted octanol–water partition coefficient (Wildman–Crippen LogP) is 0.373. The molecular formula is C5H8N2O2. The van der Waals surface area contributed by atoms with Crippen LogP contribution in [0.4, 0.5) is 0 Å². The number of nitrogens with zero attached hydrogens (tertiary/aromatic N) is 1. The van der Waals surface area contributed by atoms with Crippen molar-refractivity contribution in [2.75, 3.05) is 0 Å². The van der Waals surface area contributed by atoms with Gasteiger partial charge in [0, 0.05) is 6.07 Å². The Morgan fingerprint density at radius 1 is 1.89 bits per heavy atom. The summed E-state index contributed by atoms with van der Waals surface area (Å²) in [4.78, 5) is 4.31. The molecule has 0 amide bonds. The van der Waals surface area contributed by atoms with E-state index in [0.29, 0.717) is 5.76 Å². The molecule has 50 valence electrons. The highest BCUT2D eigenvalue weighted by molar-refractivity contribution is 5.01. The summed E-state index contributed by atoms with van der Waals surface area (Å²) in [5.74, 6) is 5.43. The van der Waals surface area contributed by atoms with Gasteiger partial charge in [0.15, 0.2) is 5.76 Å². The molecule has 1 heterocycles. The van der Waals surface area contributed by atoms with E-state index >= 15 is 0 Å². The second kappa shape index (κ2) is 2.61. The normalized spacial score (nSPS) is 10.0. The third-order valence-electron chi connectivity index (χ3n) is 0.902. The molecule has 0 saturated carbocycles. The molecule has 0 aliphatic rings. The van der Waals surface area contributed by atoms with Crippen LogP contribution in [-0.2, 0) is 11.4 Å². The summed E-state index contributed by atoms with van der Waals surface area (Å²) in [6.07, 6.45) is 0. The molecule has 0 aliphatic heterocycles. The van der Waals surface area contributed by atoms with Crippen LogP contribution in [0.5, 0.6) is 0 Å². The van der Waals surface area contributed by atoms with Crippen LogP contribution >= 0.6 is 0 Å². The van der Waals surface area contributed by atoms with Crippen molar-refractivity contribution in [1.82, 2.24) is 5.16 Å². The molecule has 0 saturated heterocycles. The monoisotopic (exact) mass is 128 g/mol. The number of aromatic nitrogens is 1. The highest BCUT2D eigenvalue weighted by atomic mass is 16.6. The minimum Gasteiger partial charge on any atom is -0.359 e. The van der Waals surface area contributed by atoms with Crippen LogP contribution in [0.3, 0.4) is 0 Å². The minimum absolute atomic E-state index is 0.279. The molecule has 0 spiro atoms. The average Bonchev–Trinajstić information content (AvgIpc) is 2.17. The third-order valence-corrected chi connectivity index (χ3v) is 0.902. The van der Waals surface area contributed by atoms with Gasteiger partial charge in [-0.15, -0.1) is 0 Å². The lowest BCUT2D eigenvalue weighted by Crippen LogP contribution is -1.96. The molecule has 2 N–H and O–H groups in total. The van der Waals surface area contributed by atoms with Gasteiger partial charge < -0.3 is 4.52 Å². The average molecular weight is 128 g/mol. The van der Waals surface area contributed by atoms with Crippen LogP contribution in [-0.4, -0.2) is 5.16 Å². The summed E-state index contributed by atoms with van der Waals surface area (Å²) in [6.45, 7) is 2.12. The van der Waals surface area contributed by atoms with Crippen molar-refractivity contribution in [2.45, 2.75) is 13.5 Å². The lowest BCUT2D eigenvalue weighted by Gasteiger charge is -1.86. The molecule has 9 heavy (non-hydrogen) atoms. The largest absolute Gasteiger partial charge is 0.359 e. The number of rotatable bonds is 2. The zero-order valence-corrected chi connectivity index (χ0v) is 5.13. The lowest BCUT2D eigenvalue weighted by molar-refractivity contribution is 0.103. The first-order valence-electron chi connectivity index (χ1n) is 2.57. The zero-order chi connectivity index (χ0) is 6.69. The molecule has 4 nitrogen and oxygen atoms in total. The van der Waals surface area contributed by atoms with Crippen LogP contribution in [0.15, 0.2) is 10.6 Å². The first-order chi connectivity index (χ1) is 4.33. The standard InChI is InChI=1S/C5H8N2O2/c1-4-2-5(3-8-6)9-7-4/h2H,3,6H2,1H3. The molecule has 0 radical (unpaired) electrons. The Morgan fingerprint density at radius 3 is 3.11 bits per heavy atom. The van der Waals surface area contributed by atoms with Gasteiger partial charge in [-0.2, -0.15) is 0 Å². The Labute approximate surface area is 52.5 Å². The topological polar surface area (TPSA) is 61.3 Å². The van der Waals surface area contributed by atoms with E-state index in [1.54, 1.807) is 6.07 Å². The van der Waals surface area contributed by atoms with E-state index < -0.39 is 0 Å².